The van der Waals surface area contributed by atoms with Crippen LogP contribution in [0.25, 0.3) is 0 Å². The van der Waals surface area contributed by atoms with Gasteiger partial charge in [-0.25, -0.2) is 4.79 Å². The van der Waals surface area contributed by atoms with Crippen molar-refractivity contribution >= 4 is 12.1 Å². The van der Waals surface area contributed by atoms with Gasteiger partial charge in [0.15, 0.2) is 5.96 Å². The maximum absolute atomic E-state index is 12.4. The number of aliphatic imine (C=N–C) groups is 1. The van der Waals surface area contributed by atoms with Crippen molar-refractivity contribution in [3.63, 3.8) is 0 Å². The zero-order valence-electron chi connectivity index (χ0n) is 18.1. The van der Waals surface area contributed by atoms with Gasteiger partial charge in [-0.15, -0.1) is 0 Å². The van der Waals surface area contributed by atoms with E-state index < -0.39 is 5.60 Å². The number of hydrogen-bond acceptors (Lipinski definition) is 4. The number of hydrogen-bond donors (Lipinski definition) is 2. The molecule has 0 unspecified atom stereocenters. The molecule has 0 spiro atoms. The third-order valence-electron chi connectivity index (χ3n) is 4.94. The molecule has 7 heteroatoms. The van der Waals surface area contributed by atoms with Crippen molar-refractivity contribution in [1.82, 2.24) is 15.5 Å². The van der Waals surface area contributed by atoms with E-state index in [1.165, 1.54) is 11.1 Å². The molecular formula is C22H34N4O3. The van der Waals surface area contributed by atoms with Crippen LogP contribution in [-0.2, 0) is 17.6 Å². The van der Waals surface area contributed by atoms with Gasteiger partial charge < -0.3 is 25.0 Å². The molecule has 160 valence electrons. The molecule has 0 bridgehead atoms. The highest BCUT2D eigenvalue weighted by molar-refractivity contribution is 5.79. The van der Waals surface area contributed by atoms with Gasteiger partial charge in [-0.05, 0) is 57.2 Å². The number of amides is 1. The summed E-state index contributed by atoms with van der Waals surface area (Å²) in [7, 11) is 1.76. The van der Waals surface area contributed by atoms with Crippen molar-refractivity contribution < 1.29 is 14.3 Å². The van der Waals surface area contributed by atoms with Crippen molar-refractivity contribution in [2.45, 2.75) is 58.1 Å². The highest BCUT2D eigenvalue weighted by Crippen LogP contribution is 2.28. The molecule has 0 aromatic heterocycles. The fraction of sp³-hybridized carbons (Fsp3) is 0.636. The topological polar surface area (TPSA) is 75.2 Å². The largest absolute Gasteiger partial charge is 0.493 e. The number of ether oxygens (including phenoxy) is 2. The number of rotatable bonds is 7. The van der Waals surface area contributed by atoms with Gasteiger partial charge in [0.1, 0.15) is 11.4 Å². The Hall–Kier alpha value is -2.44. The molecule has 1 amide bonds. The van der Waals surface area contributed by atoms with E-state index >= 15 is 0 Å². The fourth-order valence-corrected chi connectivity index (χ4v) is 3.37. The highest BCUT2D eigenvalue weighted by Gasteiger charge is 2.34. The Labute approximate surface area is 173 Å². The molecule has 1 aromatic rings. The van der Waals surface area contributed by atoms with Gasteiger partial charge in [-0.3, -0.25) is 4.99 Å². The maximum atomic E-state index is 12.4. The van der Waals surface area contributed by atoms with Crippen LogP contribution < -0.4 is 15.4 Å². The Kier molecular flexibility index (Phi) is 6.87. The molecule has 2 N–H and O–H groups in total. The van der Waals surface area contributed by atoms with Crippen LogP contribution in [0.3, 0.4) is 0 Å². The molecule has 1 fully saturated rings. The summed E-state index contributed by atoms with van der Waals surface area (Å²) in [5, 5.41) is 6.64. The van der Waals surface area contributed by atoms with Crippen molar-refractivity contribution in [2.75, 3.05) is 33.3 Å². The molecule has 1 aliphatic heterocycles. The minimum Gasteiger partial charge on any atom is -0.493 e. The van der Waals surface area contributed by atoms with E-state index in [4.69, 9.17) is 9.47 Å². The van der Waals surface area contributed by atoms with E-state index in [0.717, 1.165) is 50.5 Å². The first-order chi connectivity index (χ1) is 13.9. The number of guanidine groups is 1. The Bertz CT molecular complexity index is 738. The van der Waals surface area contributed by atoms with Crippen LogP contribution >= 0.6 is 0 Å². The molecule has 7 nitrogen and oxygen atoms in total. The minimum atomic E-state index is -0.473. The summed E-state index contributed by atoms with van der Waals surface area (Å²) in [6.07, 6.45) is 3.79. The smallest absolute Gasteiger partial charge is 0.410 e. The Morgan fingerprint density at radius 3 is 2.72 bits per heavy atom. The van der Waals surface area contributed by atoms with Gasteiger partial charge in [0.05, 0.1) is 6.61 Å². The van der Waals surface area contributed by atoms with Gasteiger partial charge >= 0.3 is 6.09 Å². The molecule has 29 heavy (non-hydrogen) atoms. The Balaban J connectivity index is 1.40. The summed E-state index contributed by atoms with van der Waals surface area (Å²) in [5.41, 5.74) is 2.12. The molecule has 0 atom stereocenters. The molecule has 0 saturated heterocycles. The van der Waals surface area contributed by atoms with Crippen LogP contribution in [0.2, 0.25) is 0 Å². The van der Waals surface area contributed by atoms with Gasteiger partial charge in [0.25, 0.3) is 0 Å². The number of carbonyl (C=O) groups is 1. The molecule has 3 rings (SSSR count). The first-order valence-electron chi connectivity index (χ1n) is 10.5. The van der Waals surface area contributed by atoms with Crippen LogP contribution in [-0.4, -0.2) is 61.9 Å². The molecular weight excluding hydrogens is 368 g/mol. The van der Waals surface area contributed by atoms with Crippen LogP contribution in [0.4, 0.5) is 4.79 Å². The third kappa shape index (κ3) is 6.54. The molecule has 1 aromatic carbocycles. The van der Waals surface area contributed by atoms with Gasteiger partial charge in [-0.2, -0.15) is 0 Å². The molecule has 1 heterocycles. The van der Waals surface area contributed by atoms with E-state index in [-0.39, 0.29) is 6.09 Å². The monoisotopic (exact) mass is 402 g/mol. The van der Waals surface area contributed by atoms with Crippen molar-refractivity contribution in [3.05, 3.63) is 29.3 Å². The van der Waals surface area contributed by atoms with Crippen LogP contribution in [0.1, 0.15) is 44.7 Å². The predicted molar refractivity (Wildman–Crippen MR) is 115 cm³/mol. The maximum Gasteiger partial charge on any atom is 0.410 e. The normalized spacial score (nSPS) is 16.1. The Morgan fingerprint density at radius 2 is 2.03 bits per heavy atom. The van der Waals surface area contributed by atoms with Crippen LogP contribution in [0.5, 0.6) is 5.75 Å². The van der Waals surface area contributed by atoms with Crippen LogP contribution in [0, 0.1) is 0 Å². The Morgan fingerprint density at radius 1 is 1.28 bits per heavy atom. The standard InChI is InChI=1S/C22H34N4O3/c1-22(2,3)29-21(27)26(18-6-7-18)13-12-25-20(23-4)24-11-9-16-5-8-19-17(15-16)10-14-28-19/h5,8,15,18H,6-7,9-14H2,1-4H3,(H2,23,24,25). The lowest BCUT2D eigenvalue weighted by Crippen LogP contribution is -2.45. The zero-order valence-corrected chi connectivity index (χ0v) is 18.1. The number of benzene rings is 1. The molecule has 0 radical (unpaired) electrons. The van der Waals surface area contributed by atoms with Gasteiger partial charge in [0, 0.05) is 39.1 Å². The average Bonchev–Trinajstić information content (AvgIpc) is 3.38. The van der Waals surface area contributed by atoms with Crippen molar-refractivity contribution in [2.24, 2.45) is 4.99 Å². The van der Waals surface area contributed by atoms with Crippen molar-refractivity contribution in [3.8, 4) is 5.75 Å². The van der Waals surface area contributed by atoms with E-state index in [1.807, 2.05) is 25.7 Å². The van der Waals surface area contributed by atoms with Gasteiger partial charge in [-0.1, -0.05) is 12.1 Å². The van der Waals surface area contributed by atoms with E-state index in [0.29, 0.717) is 19.1 Å². The zero-order chi connectivity index (χ0) is 20.9. The summed E-state index contributed by atoms with van der Waals surface area (Å²) >= 11 is 0. The van der Waals surface area contributed by atoms with Crippen molar-refractivity contribution in [1.29, 1.82) is 0 Å². The highest BCUT2D eigenvalue weighted by atomic mass is 16.6. The second-order valence-corrected chi connectivity index (χ2v) is 8.62. The first kappa shape index (κ1) is 21.3. The molecule has 1 saturated carbocycles. The number of fused-ring (bicyclic) bond motifs is 1. The minimum absolute atomic E-state index is 0.231. The van der Waals surface area contributed by atoms with E-state index in [1.54, 1.807) is 7.05 Å². The lowest BCUT2D eigenvalue weighted by atomic mass is 10.1. The average molecular weight is 403 g/mol. The molecule has 2 aliphatic rings. The van der Waals surface area contributed by atoms with Gasteiger partial charge in [0.2, 0.25) is 0 Å². The summed E-state index contributed by atoms with van der Waals surface area (Å²) in [6.45, 7) is 8.50. The predicted octanol–water partition coefficient (Wildman–Crippen LogP) is 2.73. The van der Waals surface area contributed by atoms with E-state index in [2.05, 4.69) is 33.8 Å². The lowest BCUT2D eigenvalue weighted by molar-refractivity contribution is 0.0238. The summed E-state index contributed by atoms with van der Waals surface area (Å²) in [5.74, 6) is 1.76. The number of nitrogens with zero attached hydrogens (tertiary/aromatic N) is 2. The second kappa shape index (κ2) is 9.37. The summed E-state index contributed by atoms with van der Waals surface area (Å²) in [4.78, 5) is 18.5. The second-order valence-electron chi connectivity index (χ2n) is 8.62. The van der Waals surface area contributed by atoms with Crippen LogP contribution in [0.15, 0.2) is 23.2 Å². The lowest BCUT2D eigenvalue weighted by Gasteiger charge is -2.27. The third-order valence-corrected chi connectivity index (χ3v) is 4.94. The summed E-state index contributed by atoms with van der Waals surface area (Å²) < 4.78 is 11.1. The van der Waals surface area contributed by atoms with E-state index in [9.17, 15) is 4.79 Å². The molecule has 1 aliphatic carbocycles. The quantitative estimate of drug-likeness (QED) is 0.542. The number of nitrogens with one attached hydrogen (secondary N) is 2. The SMILES string of the molecule is CN=C(NCCc1ccc2c(c1)CCO2)NCCN(C(=O)OC(C)(C)C)C1CC1. The number of carbonyl (C=O) groups excluding carboxylic acids is 1. The first-order valence-corrected chi connectivity index (χ1v) is 10.5. The summed E-state index contributed by atoms with van der Waals surface area (Å²) in [6, 6.07) is 6.73. The fourth-order valence-electron chi connectivity index (χ4n) is 3.37.